The van der Waals surface area contributed by atoms with Gasteiger partial charge in [-0.25, -0.2) is 4.79 Å². The molecule has 3 nitrogen and oxygen atoms in total. The highest BCUT2D eigenvalue weighted by molar-refractivity contribution is 9.10. The minimum Gasteiger partial charge on any atom is -0.489 e. The molecule has 0 heterocycles. The Balaban J connectivity index is 1.93. The van der Waals surface area contributed by atoms with Gasteiger partial charge in [-0.1, -0.05) is 52.9 Å². The summed E-state index contributed by atoms with van der Waals surface area (Å²) >= 11 is 3.40. The molecule has 0 saturated heterocycles. The van der Waals surface area contributed by atoms with Crippen LogP contribution >= 0.6 is 15.9 Å². The summed E-state index contributed by atoms with van der Waals surface area (Å²) in [7, 11) is 0. The highest BCUT2D eigenvalue weighted by Crippen LogP contribution is 2.17. The lowest BCUT2D eigenvalue weighted by Gasteiger charge is -2.07. The van der Waals surface area contributed by atoms with Gasteiger partial charge in [0.05, 0.1) is 0 Å². The predicted molar refractivity (Wildman–Crippen MR) is 95.1 cm³/mol. The van der Waals surface area contributed by atoms with E-state index < -0.39 is 5.97 Å². The molecule has 0 aliphatic rings. The Morgan fingerprint density at radius 1 is 1.17 bits per heavy atom. The number of rotatable bonds is 7. The molecule has 0 unspecified atom stereocenters. The summed E-state index contributed by atoms with van der Waals surface area (Å²) in [5, 5.41) is 0. The molecule has 0 spiro atoms. The van der Waals surface area contributed by atoms with E-state index in [1.807, 2.05) is 48.5 Å². The molecule has 0 aromatic heterocycles. The third-order valence-corrected chi connectivity index (χ3v) is 3.46. The number of carbonyl (C=O) groups excluding carboxylic acids is 1. The van der Waals surface area contributed by atoms with Gasteiger partial charge in [0.2, 0.25) is 0 Å². The summed E-state index contributed by atoms with van der Waals surface area (Å²) in [6, 6.07) is 15.5. The van der Waals surface area contributed by atoms with Crippen molar-refractivity contribution in [2.24, 2.45) is 0 Å². The monoisotopic (exact) mass is 372 g/mol. The minimum atomic E-state index is -0.397. The largest absolute Gasteiger partial charge is 0.489 e. The first-order chi connectivity index (χ1) is 11.2. The molecular weight excluding hydrogens is 356 g/mol. The number of halogens is 1. The van der Waals surface area contributed by atoms with Crippen molar-refractivity contribution in [3.8, 4) is 5.75 Å². The van der Waals surface area contributed by atoms with E-state index in [0.29, 0.717) is 6.61 Å². The Hall–Kier alpha value is -2.33. The fourth-order valence-corrected chi connectivity index (χ4v) is 2.07. The van der Waals surface area contributed by atoms with Crippen LogP contribution in [0.2, 0.25) is 0 Å². The molecule has 0 aliphatic heterocycles. The van der Waals surface area contributed by atoms with Crippen LogP contribution in [-0.2, 0) is 16.1 Å². The van der Waals surface area contributed by atoms with Gasteiger partial charge in [0.1, 0.15) is 19.0 Å². The van der Waals surface area contributed by atoms with Crippen molar-refractivity contribution in [2.75, 3.05) is 6.61 Å². The van der Waals surface area contributed by atoms with Crippen molar-refractivity contribution in [1.29, 1.82) is 0 Å². The predicted octanol–water partition coefficient (Wildman–Crippen LogP) is 4.77. The number of carbonyl (C=O) groups is 1. The van der Waals surface area contributed by atoms with Crippen LogP contribution in [0.5, 0.6) is 5.75 Å². The third-order valence-electron chi connectivity index (χ3n) is 2.93. The lowest BCUT2D eigenvalue weighted by atomic mass is 10.2. The van der Waals surface area contributed by atoms with E-state index in [1.165, 1.54) is 12.2 Å². The first kappa shape index (κ1) is 17.0. The van der Waals surface area contributed by atoms with Crippen molar-refractivity contribution < 1.29 is 14.3 Å². The van der Waals surface area contributed by atoms with Gasteiger partial charge >= 0.3 is 5.97 Å². The normalized spacial score (nSPS) is 10.5. The molecule has 0 aliphatic carbocycles. The average Bonchev–Trinajstić information content (AvgIpc) is 2.58. The number of benzene rings is 2. The van der Waals surface area contributed by atoms with E-state index in [1.54, 1.807) is 6.08 Å². The van der Waals surface area contributed by atoms with Crippen molar-refractivity contribution >= 4 is 28.0 Å². The molecule has 0 saturated carbocycles. The van der Waals surface area contributed by atoms with E-state index in [0.717, 1.165) is 21.3 Å². The average molecular weight is 373 g/mol. The maximum absolute atomic E-state index is 11.4. The Labute approximate surface area is 144 Å². The Bertz CT molecular complexity index is 690. The lowest BCUT2D eigenvalue weighted by Crippen LogP contribution is -1.99. The fourth-order valence-electron chi connectivity index (χ4n) is 1.81. The molecular formula is C19H17BrO3. The number of hydrogen-bond donors (Lipinski definition) is 0. The second kappa shape index (κ2) is 8.96. The summed E-state index contributed by atoms with van der Waals surface area (Å²) in [6.07, 6.45) is 4.61. The molecule has 0 fully saturated rings. The molecule has 0 radical (unpaired) electrons. The van der Waals surface area contributed by atoms with Gasteiger partial charge in [-0.3, -0.25) is 0 Å². The Morgan fingerprint density at radius 2 is 1.96 bits per heavy atom. The molecule has 2 aromatic rings. The maximum Gasteiger partial charge on any atom is 0.331 e. The van der Waals surface area contributed by atoms with Crippen molar-refractivity contribution in [1.82, 2.24) is 0 Å². The van der Waals surface area contributed by atoms with E-state index in [2.05, 4.69) is 22.5 Å². The standard InChI is InChI=1S/C19H17BrO3/c1-2-12-22-19(21)11-8-15-4-3-5-18(13-15)23-14-16-6-9-17(20)10-7-16/h2-11,13H,1,12,14H2/b11-8+. The van der Waals surface area contributed by atoms with Crippen LogP contribution in [-0.4, -0.2) is 12.6 Å². The quantitative estimate of drug-likeness (QED) is 0.398. The third kappa shape index (κ3) is 6.12. The minimum absolute atomic E-state index is 0.208. The molecule has 0 N–H and O–H groups in total. The van der Waals surface area contributed by atoms with Gasteiger partial charge in [-0.05, 0) is 41.5 Å². The van der Waals surface area contributed by atoms with Crippen LogP contribution in [0.15, 0.2) is 71.7 Å². The smallest absolute Gasteiger partial charge is 0.331 e. The lowest BCUT2D eigenvalue weighted by molar-refractivity contribution is -0.136. The summed E-state index contributed by atoms with van der Waals surface area (Å²) in [5.74, 6) is 0.348. The zero-order valence-electron chi connectivity index (χ0n) is 12.6. The molecule has 0 amide bonds. The first-order valence-electron chi connectivity index (χ1n) is 7.10. The zero-order chi connectivity index (χ0) is 16.5. The SMILES string of the molecule is C=CCOC(=O)/C=C/c1cccc(OCc2ccc(Br)cc2)c1. The van der Waals surface area contributed by atoms with Crippen LogP contribution in [0.1, 0.15) is 11.1 Å². The van der Waals surface area contributed by atoms with Gasteiger partial charge < -0.3 is 9.47 Å². The van der Waals surface area contributed by atoms with Crippen LogP contribution in [0.4, 0.5) is 0 Å². The summed E-state index contributed by atoms with van der Waals surface area (Å²) in [4.78, 5) is 11.4. The van der Waals surface area contributed by atoms with Gasteiger partial charge in [0.15, 0.2) is 0 Å². The van der Waals surface area contributed by atoms with Crippen LogP contribution in [0.25, 0.3) is 6.08 Å². The van der Waals surface area contributed by atoms with Crippen LogP contribution in [0, 0.1) is 0 Å². The van der Waals surface area contributed by atoms with E-state index in [4.69, 9.17) is 9.47 Å². The van der Waals surface area contributed by atoms with Crippen LogP contribution < -0.4 is 4.74 Å². The van der Waals surface area contributed by atoms with Gasteiger partial charge in [-0.15, -0.1) is 0 Å². The molecule has 118 valence electrons. The second-order valence-electron chi connectivity index (χ2n) is 4.74. The zero-order valence-corrected chi connectivity index (χ0v) is 14.2. The topological polar surface area (TPSA) is 35.5 Å². The molecule has 2 rings (SSSR count). The van der Waals surface area contributed by atoms with E-state index in [9.17, 15) is 4.79 Å². The second-order valence-corrected chi connectivity index (χ2v) is 5.66. The maximum atomic E-state index is 11.4. The highest BCUT2D eigenvalue weighted by atomic mass is 79.9. The summed E-state index contributed by atoms with van der Waals surface area (Å²) < 4.78 is 11.7. The molecule has 0 bridgehead atoms. The van der Waals surface area contributed by atoms with Gasteiger partial charge in [-0.2, -0.15) is 0 Å². The van der Waals surface area contributed by atoms with E-state index >= 15 is 0 Å². The highest BCUT2D eigenvalue weighted by Gasteiger charge is 1.99. The summed E-state index contributed by atoms with van der Waals surface area (Å²) in [6.45, 7) is 4.19. The number of hydrogen-bond acceptors (Lipinski definition) is 3. The molecule has 23 heavy (non-hydrogen) atoms. The molecule has 2 aromatic carbocycles. The summed E-state index contributed by atoms with van der Waals surface area (Å²) in [5.41, 5.74) is 1.95. The first-order valence-corrected chi connectivity index (χ1v) is 7.90. The van der Waals surface area contributed by atoms with Crippen molar-refractivity contribution in [3.05, 3.63) is 82.9 Å². The van der Waals surface area contributed by atoms with Crippen LogP contribution in [0.3, 0.4) is 0 Å². The Kier molecular flexibility index (Phi) is 6.63. The van der Waals surface area contributed by atoms with Crippen molar-refractivity contribution in [3.63, 3.8) is 0 Å². The molecule has 0 atom stereocenters. The number of esters is 1. The fraction of sp³-hybridized carbons (Fsp3) is 0.105. The van der Waals surface area contributed by atoms with Crippen molar-refractivity contribution in [2.45, 2.75) is 6.61 Å². The molecule has 4 heteroatoms. The Morgan fingerprint density at radius 3 is 2.70 bits per heavy atom. The van der Waals surface area contributed by atoms with Gasteiger partial charge in [0, 0.05) is 10.5 Å². The van der Waals surface area contributed by atoms with Gasteiger partial charge in [0.25, 0.3) is 0 Å². The van der Waals surface area contributed by atoms with E-state index in [-0.39, 0.29) is 6.61 Å². The number of ether oxygens (including phenoxy) is 2.